The molecular weight excluding hydrogens is 404 g/mol. The van der Waals surface area contributed by atoms with Crippen LogP contribution in [0.15, 0.2) is 81.9 Å². The number of benzene rings is 2. The van der Waals surface area contributed by atoms with E-state index in [0.717, 1.165) is 39.7 Å². The fourth-order valence-corrected chi connectivity index (χ4v) is 3.48. The van der Waals surface area contributed by atoms with Crippen LogP contribution in [0.2, 0.25) is 0 Å². The van der Waals surface area contributed by atoms with Gasteiger partial charge in [0, 0.05) is 6.54 Å². The fourth-order valence-electron chi connectivity index (χ4n) is 3.48. The van der Waals surface area contributed by atoms with Gasteiger partial charge in [-0.05, 0) is 49.2 Å². The molecule has 0 saturated carbocycles. The van der Waals surface area contributed by atoms with E-state index < -0.39 is 0 Å². The maximum atomic E-state index is 13.1. The summed E-state index contributed by atoms with van der Waals surface area (Å²) in [4.78, 5) is 14.9. The van der Waals surface area contributed by atoms with Crippen molar-refractivity contribution in [3.63, 3.8) is 0 Å². The van der Waals surface area contributed by atoms with Gasteiger partial charge in [-0.3, -0.25) is 4.79 Å². The molecule has 0 aliphatic carbocycles. The second kappa shape index (κ2) is 10.0. The van der Waals surface area contributed by atoms with Crippen molar-refractivity contribution in [3.05, 3.63) is 107 Å². The van der Waals surface area contributed by atoms with Crippen LogP contribution < -0.4 is 4.74 Å². The molecule has 0 bridgehead atoms. The van der Waals surface area contributed by atoms with Gasteiger partial charge in [0.2, 0.25) is 5.91 Å². The van der Waals surface area contributed by atoms with Crippen molar-refractivity contribution in [3.8, 4) is 5.75 Å². The molecule has 0 unspecified atom stereocenters. The molecule has 32 heavy (non-hydrogen) atoms. The Morgan fingerprint density at radius 3 is 2.38 bits per heavy atom. The zero-order chi connectivity index (χ0) is 22.3. The van der Waals surface area contributed by atoms with Crippen LogP contribution >= 0.6 is 0 Å². The van der Waals surface area contributed by atoms with E-state index in [2.05, 4.69) is 5.16 Å². The van der Waals surface area contributed by atoms with E-state index in [1.54, 1.807) is 6.26 Å². The van der Waals surface area contributed by atoms with Crippen molar-refractivity contribution < 1.29 is 18.5 Å². The van der Waals surface area contributed by atoms with E-state index in [0.29, 0.717) is 26.1 Å². The van der Waals surface area contributed by atoms with E-state index in [4.69, 9.17) is 13.7 Å². The molecule has 2 heterocycles. The van der Waals surface area contributed by atoms with Gasteiger partial charge in [0.15, 0.2) is 0 Å². The summed E-state index contributed by atoms with van der Waals surface area (Å²) in [6, 6.07) is 21.3. The first-order chi connectivity index (χ1) is 15.6. The monoisotopic (exact) mass is 430 g/mol. The summed E-state index contributed by atoms with van der Waals surface area (Å²) < 4.78 is 16.5. The smallest absolute Gasteiger partial charge is 0.227 e. The molecule has 0 radical (unpaired) electrons. The lowest BCUT2D eigenvalue weighted by molar-refractivity contribution is -0.132. The summed E-state index contributed by atoms with van der Waals surface area (Å²) in [6.07, 6.45) is 1.93. The largest absolute Gasteiger partial charge is 0.489 e. The molecule has 1 amide bonds. The first-order valence-corrected chi connectivity index (χ1v) is 10.6. The van der Waals surface area contributed by atoms with Crippen molar-refractivity contribution in [1.82, 2.24) is 10.1 Å². The maximum absolute atomic E-state index is 13.1. The van der Waals surface area contributed by atoms with Crippen molar-refractivity contribution in [2.45, 2.75) is 40.0 Å². The molecule has 2 aromatic heterocycles. The van der Waals surface area contributed by atoms with Gasteiger partial charge >= 0.3 is 0 Å². The molecule has 0 aliphatic heterocycles. The summed E-state index contributed by atoms with van der Waals surface area (Å²) in [5, 5.41) is 3.94. The Morgan fingerprint density at radius 1 is 0.938 bits per heavy atom. The molecule has 2 aromatic carbocycles. The lowest BCUT2D eigenvalue weighted by Gasteiger charge is -2.22. The average molecular weight is 431 g/mol. The molecule has 6 nitrogen and oxygen atoms in total. The van der Waals surface area contributed by atoms with Gasteiger partial charge in [-0.2, -0.15) is 0 Å². The first-order valence-electron chi connectivity index (χ1n) is 10.6. The fraction of sp³-hybridized carbons (Fsp3) is 0.231. The zero-order valence-corrected chi connectivity index (χ0v) is 18.3. The molecule has 164 valence electrons. The standard InChI is InChI=1S/C26H26N2O4/c1-19-25(20(2)32-27-19)18-31-23-12-10-21(11-13-23)15-26(29)28(17-24-9-6-14-30-24)16-22-7-4-3-5-8-22/h3-14H,15-18H2,1-2H3. The van der Waals surface area contributed by atoms with Gasteiger partial charge < -0.3 is 18.6 Å². The molecule has 0 N–H and O–H groups in total. The number of ether oxygens (including phenoxy) is 1. The molecule has 0 aliphatic rings. The van der Waals surface area contributed by atoms with Crippen LogP contribution in [0.25, 0.3) is 0 Å². The van der Waals surface area contributed by atoms with Gasteiger partial charge in [-0.25, -0.2) is 0 Å². The number of aryl methyl sites for hydroxylation is 2. The van der Waals surface area contributed by atoms with Crippen molar-refractivity contribution >= 4 is 5.91 Å². The lowest BCUT2D eigenvalue weighted by Crippen LogP contribution is -2.31. The SMILES string of the molecule is Cc1noc(C)c1COc1ccc(CC(=O)N(Cc2ccccc2)Cc2ccco2)cc1. The highest BCUT2D eigenvalue weighted by atomic mass is 16.5. The topological polar surface area (TPSA) is 68.7 Å². The molecule has 0 spiro atoms. The molecule has 4 rings (SSSR count). The summed E-state index contributed by atoms with van der Waals surface area (Å²) in [5.41, 5.74) is 3.80. The first kappa shape index (κ1) is 21.4. The van der Waals surface area contributed by atoms with Crippen LogP contribution in [0, 0.1) is 13.8 Å². The minimum absolute atomic E-state index is 0.0367. The number of nitrogens with zero attached hydrogens (tertiary/aromatic N) is 2. The number of carbonyl (C=O) groups is 1. The Kier molecular flexibility index (Phi) is 6.70. The molecule has 0 saturated heterocycles. The van der Waals surface area contributed by atoms with Gasteiger partial charge in [-0.15, -0.1) is 0 Å². The highest BCUT2D eigenvalue weighted by Gasteiger charge is 2.17. The van der Waals surface area contributed by atoms with Gasteiger partial charge in [0.25, 0.3) is 0 Å². The Balaban J connectivity index is 1.39. The minimum atomic E-state index is 0.0367. The normalized spacial score (nSPS) is 10.8. The third-order valence-corrected chi connectivity index (χ3v) is 5.34. The molecule has 4 aromatic rings. The predicted molar refractivity (Wildman–Crippen MR) is 120 cm³/mol. The zero-order valence-electron chi connectivity index (χ0n) is 18.3. The number of hydrogen-bond acceptors (Lipinski definition) is 5. The van der Waals surface area contributed by atoms with Crippen molar-refractivity contribution in [1.29, 1.82) is 0 Å². The second-order valence-corrected chi connectivity index (χ2v) is 7.73. The third-order valence-electron chi connectivity index (χ3n) is 5.34. The maximum Gasteiger partial charge on any atom is 0.227 e. The van der Waals surface area contributed by atoms with E-state index in [1.807, 2.05) is 85.5 Å². The Bertz CT molecular complexity index is 1110. The number of furan rings is 1. The summed E-state index contributed by atoms with van der Waals surface area (Å²) in [7, 11) is 0. The predicted octanol–water partition coefficient (Wildman–Crippen LogP) is 5.23. The van der Waals surface area contributed by atoms with Crippen molar-refractivity contribution in [2.75, 3.05) is 0 Å². The number of rotatable bonds is 9. The van der Waals surface area contributed by atoms with E-state index in [-0.39, 0.29) is 5.91 Å². The lowest BCUT2D eigenvalue weighted by atomic mass is 10.1. The van der Waals surface area contributed by atoms with Gasteiger partial charge in [0.1, 0.15) is 23.9 Å². The van der Waals surface area contributed by atoms with Crippen LogP contribution in [0.5, 0.6) is 5.75 Å². The van der Waals surface area contributed by atoms with E-state index in [1.165, 1.54) is 0 Å². The third kappa shape index (κ3) is 5.46. The van der Waals surface area contributed by atoms with E-state index >= 15 is 0 Å². The van der Waals surface area contributed by atoms with Crippen LogP contribution in [0.3, 0.4) is 0 Å². The van der Waals surface area contributed by atoms with Crippen LogP contribution in [-0.2, 0) is 30.9 Å². The Labute approximate surface area is 187 Å². The highest BCUT2D eigenvalue weighted by molar-refractivity contribution is 5.78. The minimum Gasteiger partial charge on any atom is -0.489 e. The Hall–Kier alpha value is -3.80. The van der Waals surface area contributed by atoms with Gasteiger partial charge in [0.05, 0.1) is 30.5 Å². The van der Waals surface area contributed by atoms with Crippen LogP contribution in [-0.4, -0.2) is 16.0 Å². The molecule has 0 fully saturated rings. The molecular formula is C26H26N2O4. The number of hydrogen-bond donors (Lipinski definition) is 0. The van der Waals surface area contributed by atoms with Gasteiger partial charge in [-0.1, -0.05) is 47.6 Å². The van der Waals surface area contributed by atoms with Crippen LogP contribution in [0.1, 0.15) is 33.9 Å². The number of amides is 1. The second-order valence-electron chi connectivity index (χ2n) is 7.73. The summed E-state index contributed by atoms with van der Waals surface area (Å²) in [5.74, 6) is 2.30. The quantitative estimate of drug-likeness (QED) is 0.363. The van der Waals surface area contributed by atoms with Crippen molar-refractivity contribution in [2.24, 2.45) is 0 Å². The average Bonchev–Trinajstić information content (AvgIpc) is 3.43. The molecule has 6 heteroatoms. The van der Waals surface area contributed by atoms with E-state index in [9.17, 15) is 4.79 Å². The van der Waals surface area contributed by atoms with Crippen LogP contribution in [0.4, 0.5) is 0 Å². The highest BCUT2D eigenvalue weighted by Crippen LogP contribution is 2.19. The summed E-state index contributed by atoms with van der Waals surface area (Å²) >= 11 is 0. The molecule has 0 atom stereocenters. The number of aromatic nitrogens is 1. The summed E-state index contributed by atoms with van der Waals surface area (Å²) in [6.45, 7) is 5.12. The Morgan fingerprint density at radius 2 is 1.72 bits per heavy atom. The number of carbonyl (C=O) groups excluding carboxylic acids is 1.